The number of hydrogen-bond acceptors (Lipinski definition) is 8. The fourth-order valence-corrected chi connectivity index (χ4v) is 7.66. The van der Waals surface area contributed by atoms with Crippen molar-refractivity contribution in [2.75, 3.05) is 6.61 Å². The van der Waals surface area contributed by atoms with Crippen LogP contribution in [0.4, 0.5) is 4.39 Å². The Morgan fingerprint density at radius 1 is 1.34 bits per heavy atom. The van der Waals surface area contributed by atoms with Gasteiger partial charge in [-0.3, -0.25) is 9.59 Å². The second-order valence-corrected chi connectivity index (χ2v) is 11.5. The molecule has 4 rings (SSSR count). The Kier molecular flexibility index (Phi) is 5.34. The van der Waals surface area contributed by atoms with Gasteiger partial charge in [0.25, 0.3) is 0 Å². The van der Waals surface area contributed by atoms with E-state index >= 15 is 4.39 Å². The van der Waals surface area contributed by atoms with E-state index in [2.05, 4.69) is 4.52 Å². The molecule has 0 aliphatic heterocycles. The molecule has 4 aliphatic carbocycles. The normalized spacial score (nSPS) is 48.0. The summed E-state index contributed by atoms with van der Waals surface area (Å²) in [5.74, 6) is -3.06. The Bertz CT molecular complexity index is 973. The molecule has 3 fully saturated rings. The highest BCUT2D eigenvalue weighted by molar-refractivity contribution is 7.43. The highest BCUT2D eigenvalue weighted by Crippen LogP contribution is 2.70. The lowest BCUT2D eigenvalue weighted by Gasteiger charge is -2.62. The standard InChI is InChI=1S/C22H30FO8P/c1-12-8-16-15-5-4-13-9-14(24)6-7-19(13,2)21(15,23)17(25)10-20(16,3)22(12,27)18(26)11-31-32(28,29)30/h6-7,9,12,15-17,25,27H,4-5,8,10-11H2,1-3H3,(H2,28,29,30)/p-2/t12?,15-,16-,17?,19-,20-,21-,22-/m0/s1. The Morgan fingerprint density at radius 3 is 2.62 bits per heavy atom. The van der Waals surface area contributed by atoms with E-state index in [0.29, 0.717) is 18.4 Å². The summed E-state index contributed by atoms with van der Waals surface area (Å²) < 4.78 is 32.0. The van der Waals surface area contributed by atoms with Gasteiger partial charge < -0.3 is 29.1 Å². The number of phosphoric ester groups is 1. The van der Waals surface area contributed by atoms with Gasteiger partial charge in [-0.25, -0.2) is 4.39 Å². The predicted molar refractivity (Wildman–Crippen MR) is 106 cm³/mol. The van der Waals surface area contributed by atoms with Crippen LogP contribution in [0.3, 0.4) is 0 Å². The fraction of sp³-hybridized carbons (Fsp3) is 0.727. The Hall–Kier alpha value is -1.22. The van der Waals surface area contributed by atoms with Crippen LogP contribution in [0.15, 0.2) is 23.8 Å². The molecule has 2 unspecified atom stereocenters. The van der Waals surface area contributed by atoms with E-state index in [4.69, 9.17) is 0 Å². The van der Waals surface area contributed by atoms with E-state index in [1.165, 1.54) is 18.2 Å². The lowest BCUT2D eigenvalue weighted by molar-refractivity contribution is -0.341. The molecule has 0 amide bonds. The number of aliphatic hydroxyl groups is 2. The average Bonchev–Trinajstić information content (AvgIpc) is 2.89. The second kappa shape index (κ2) is 7.14. The van der Waals surface area contributed by atoms with Gasteiger partial charge in [0, 0.05) is 16.7 Å². The van der Waals surface area contributed by atoms with Crippen molar-refractivity contribution in [2.45, 2.75) is 63.8 Å². The van der Waals surface area contributed by atoms with Crippen molar-refractivity contribution in [1.82, 2.24) is 0 Å². The van der Waals surface area contributed by atoms with Crippen LogP contribution >= 0.6 is 7.82 Å². The first-order valence-corrected chi connectivity index (χ1v) is 12.3. The molecular weight excluding hydrogens is 442 g/mol. The first-order valence-electron chi connectivity index (χ1n) is 10.8. The van der Waals surface area contributed by atoms with E-state index in [1.54, 1.807) is 20.8 Å². The van der Waals surface area contributed by atoms with Crippen molar-refractivity contribution in [3.8, 4) is 0 Å². The second-order valence-electron chi connectivity index (χ2n) is 10.3. The minimum atomic E-state index is -5.43. The number of aliphatic hydroxyl groups excluding tert-OH is 1. The summed E-state index contributed by atoms with van der Waals surface area (Å²) >= 11 is 0. The SMILES string of the molecule is CC1C[C@H]2[C@@H]3CCC4=CC(=O)C=C[C@]4(C)[C@@]3(F)C(O)C[C@]2(C)[C@@]1(O)C(=O)COP(=O)([O-])[O-]. The van der Waals surface area contributed by atoms with Gasteiger partial charge in [-0.15, -0.1) is 0 Å². The van der Waals surface area contributed by atoms with Crippen LogP contribution in [0.25, 0.3) is 0 Å². The van der Waals surface area contributed by atoms with Crippen molar-refractivity contribution in [3.63, 3.8) is 0 Å². The van der Waals surface area contributed by atoms with Crippen LogP contribution in [-0.4, -0.2) is 45.8 Å². The largest absolute Gasteiger partial charge is 0.790 e. The molecule has 4 aliphatic rings. The summed E-state index contributed by atoms with van der Waals surface area (Å²) in [4.78, 5) is 46.6. The van der Waals surface area contributed by atoms with Gasteiger partial charge in [0.05, 0.1) is 13.9 Å². The van der Waals surface area contributed by atoms with Crippen LogP contribution < -0.4 is 9.79 Å². The first-order chi connectivity index (χ1) is 14.6. The molecule has 3 saturated carbocycles. The number of halogens is 1. The maximum Gasteiger partial charge on any atom is 0.191 e. The molecule has 2 N–H and O–H groups in total. The molecule has 10 heteroatoms. The number of ketones is 2. The third-order valence-electron chi connectivity index (χ3n) is 9.00. The number of alkyl halides is 1. The Labute approximate surface area is 185 Å². The molecule has 0 spiro atoms. The zero-order valence-corrected chi connectivity index (χ0v) is 19.1. The van der Waals surface area contributed by atoms with Gasteiger partial charge >= 0.3 is 0 Å². The Balaban J connectivity index is 1.74. The minimum Gasteiger partial charge on any atom is -0.790 e. The van der Waals surface area contributed by atoms with Crippen LogP contribution in [0, 0.1) is 28.6 Å². The lowest BCUT2D eigenvalue weighted by Crippen LogP contribution is -2.69. The summed E-state index contributed by atoms with van der Waals surface area (Å²) in [6, 6.07) is 0. The van der Waals surface area contributed by atoms with Crippen molar-refractivity contribution in [3.05, 3.63) is 23.8 Å². The predicted octanol–water partition coefficient (Wildman–Crippen LogP) is 0.749. The van der Waals surface area contributed by atoms with E-state index < -0.39 is 66.2 Å². The summed E-state index contributed by atoms with van der Waals surface area (Å²) in [6.45, 7) is 3.80. The van der Waals surface area contributed by atoms with Crippen LogP contribution in [0.2, 0.25) is 0 Å². The smallest absolute Gasteiger partial charge is 0.191 e. The number of fused-ring (bicyclic) bond motifs is 5. The van der Waals surface area contributed by atoms with Crippen molar-refractivity contribution < 1.29 is 43.1 Å². The minimum absolute atomic E-state index is 0.224. The summed E-state index contributed by atoms with van der Waals surface area (Å²) in [5.41, 5.74) is -6.03. The van der Waals surface area contributed by atoms with E-state index in [0.717, 1.165) is 0 Å². The molecular formula is C22H28FO8P-2. The fourth-order valence-electron chi connectivity index (χ4n) is 7.39. The third kappa shape index (κ3) is 2.95. The van der Waals surface area contributed by atoms with E-state index in [-0.39, 0.29) is 18.6 Å². The third-order valence-corrected chi connectivity index (χ3v) is 9.45. The van der Waals surface area contributed by atoms with Crippen LogP contribution in [0.5, 0.6) is 0 Å². The molecule has 8 atom stereocenters. The van der Waals surface area contributed by atoms with Crippen LogP contribution in [-0.2, 0) is 18.7 Å². The van der Waals surface area contributed by atoms with Gasteiger partial charge in [-0.05, 0) is 56.6 Å². The molecule has 0 bridgehead atoms. The number of phosphoric acid groups is 1. The molecule has 178 valence electrons. The van der Waals surface area contributed by atoms with Crippen molar-refractivity contribution in [2.24, 2.45) is 28.6 Å². The quantitative estimate of drug-likeness (QED) is 0.572. The van der Waals surface area contributed by atoms with Gasteiger partial charge in [0.1, 0.15) is 12.2 Å². The van der Waals surface area contributed by atoms with E-state index in [1.807, 2.05) is 0 Å². The first kappa shape index (κ1) is 23.9. The van der Waals surface area contributed by atoms with Crippen molar-refractivity contribution in [1.29, 1.82) is 0 Å². The Morgan fingerprint density at radius 2 is 2.00 bits per heavy atom. The number of hydrogen-bond donors (Lipinski definition) is 2. The maximum atomic E-state index is 17.0. The molecule has 0 radical (unpaired) electrons. The van der Waals surface area contributed by atoms with Gasteiger partial charge in [0.2, 0.25) is 0 Å². The monoisotopic (exact) mass is 470 g/mol. The zero-order chi connectivity index (χ0) is 23.9. The lowest BCUT2D eigenvalue weighted by atomic mass is 9.44. The number of rotatable bonds is 4. The van der Waals surface area contributed by atoms with Crippen molar-refractivity contribution >= 4 is 19.4 Å². The van der Waals surface area contributed by atoms with Crippen LogP contribution in [0.1, 0.15) is 46.5 Å². The van der Waals surface area contributed by atoms with E-state index in [9.17, 15) is 34.2 Å². The molecule has 0 aromatic carbocycles. The average molecular weight is 470 g/mol. The molecule has 0 heterocycles. The molecule has 0 aromatic rings. The molecule has 0 saturated heterocycles. The summed E-state index contributed by atoms with van der Waals surface area (Å²) in [7, 11) is -5.43. The van der Waals surface area contributed by atoms with Gasteiger partial charge in [-0.1, -0.05) is 25.5 Å². The maximum absolute atomic E-state index is 17.0. The summed E-state index contributed by atoms with van der Waals surface area (Å²) in [6.07, 6.45) is 3.54. The molecule has 0 aromatic heterocycles. The van der Waals surface area contributed by atoms with Gasteiger partial charge in [-0.2, -0.15) is 0 Å². The molecule has 8 nitrogen and oxygen atoms in total. The number of carbonyl (C=O) groups is 2. The van der Waals surface area contributed by atoms with Gasteiger partial charge in [0.15, 0.2) is 17.2 Å². The number of Topliss-reactive ketones (excluding diaryl/α,β-unsaturated/α-hetero) is 1. The topological polar surface area (TPSA) is 147 Å². The number of carbonyl (C=O) groups excluding carboxylic acids is 2. The summed E-state index contributed by atoms with van der Waals surface area (Å²) in [5, 5.41) is 22.8. The molecule has 32 heavy (non-hydrogen) atoms. The zero-order valence-electron chi connectivity index (χ0n) is 18.2. The highest BCUT2D eigenvalue weighted by Gasteiger charge is 2.75. The highest BCUT2D eigenvalue weighted by atomic mass is 31.2. The number of allylic oxidation sites excluding steroid dienone is 4.